The summed E-state index contributed by atoms with van der Waals surface area (Å²) in [6.07, 6.45) is 4.60. The van der Waals surface area contributed by atoms with Gasteiger partial charge in [0.15, 0.2) is 0 Å². The molecule has 1 aromatic heterocycles. The molecule has 1 aromatic carbocycles. The van der Waals surface area contributed by atoms with Crippen molar-refractivity contribution >= 4 is 22.8 Å². The van der Waals surface area contributed by atoms with E-state index in [1.54, 1.807) is 4.90 Å². The number of likely N-dealkylation sites (tertiary alicyclic amines) is 1. The maximum atomic E-state index is 13.1. The van der Waals surface area contributed by atoms with Gasteiger partial charge in [0.2, 0.25) is 0 Å². The number of carbonyl (C=O) groups is 2. The number of benzene rings is 1. The predicted molar refractivity (Wildman–Crippen MR) is 94.7 cm³/mol. The number of hydrogen-bond acceptors (Lipinski definition) is 2. The third-order valence-electron chi connectivity index (χ3n) is 6.21. The van der Waals surface area contributed by atoms with Gasteiger partial charge in [-0.25, -0.2) is 4.79 Å². The molecule has 25 heavy (non-hydrogen) atoms. The number of urea groups is 1. The lowest BCUT2D eigenvalue weighted by atomic mass is 9.88. The van der Waals surface area contributed by atoms with Crippen LogP contribution in [0, 0.1) is 0 Å². The van der Waals surface area contributed by atoms with Crippen LogP contribution in [0.5, 0.6) is 0 Å². The van der Waals surface area contributed by atoms with E-state index in [0.29, 0.717) is 19.6 Å². The summed E-state index contributed by atoms with van der Waals surface area (Å²) in [6.45, 7) is 1.81. The van der Waals surface area contributed by atoms with Gasteiger partial charge < -0.3 is 20.1 Å². The van der Waals surface area contributed by atoms with Crippen molar-refractivity contribution in [1.29, 1.82) is 0 Å². The fourth-order valence-electron chi connectivity index (χ4n) is 4.60. The van der Waals surface area contributed by atoms with Gasteiger partial charge in [0.05, 0.1) is 16.6 Å². The minimum atomic E-state index is -0.227. The molecule has 2 aliphatic heterocycles. The predicted octanol–water partition coefficient (Wildman–Crippen LogP) is 1.90. The zero-order chi connectivity index (χ0) is 17.2. The lowest BCUT2D eigenvalue weighted by molar-refractivity contribution is 0.00790. The normalized spacial score (nSPS) is 21.4. The average molecular weight is 338 g/mol. The number of likely N-dealkylation sites (N-methyl/N-ethyl adjacent to an activating group) is 1. The van der Waals surface area contributed by atoms with Gasteiger partial charge >= 0.3 is 6.03 Å². The number of nitrogens with zero attached hydrogens (tertiary/aromatic N) is 2. The molecule has 0 bridgehead atoms. The molecule has 2 aromatic rings. The molecule has 2 fully saturated rings. The molecule has 0 atom stereocenters. The summed E-state index contributed by atoms with van der Waals surface area (Å²) in [7, 11) is 1.81. The van der Waals surface area contributed by atoms with Crippen LogP contribution in [0.4, 0.5) is 4.79 Å². The Bertz CT molecular complexity index is 894. The highest BCUT2D eigenvalue weighted by Gasteiger charge is 2.53. The molecule has 130 valence electrons. The molecule has 6 heteroatoms. The zero-order valence-corrected chi connectivity index (χ0v) is 14.4. The third-order valence-corrected chi connectivity index (χ3v) is 6.21. The Kier molecular flexibility index (Phi) is 2.96. The molecule has 1 aliphatic carbocycles. The average Bonchev–Trinajstić information content (AvgIpc) is 3.11. The summed E-state index contributed by atoms with van der Waals surface area (Å²) in [6, 6.07) is 5.98. The monoisotopic (exact) mass is 338 g/mol. The summed E-state index contributed by atoms with van der Waals surface area (Å²) in [4.78, 5) is 31.9. The SMILES string of the molecule is CN1C(=O)NCC12CN(C(=O)c1cccc3c4c([nH]c13)CCCC4)C2. The van der Waals surface area contributed by atoms with E-state index < -0.39 is 0 Å². The second-order valence-electron chi connectivity index (χ2n) is 7.62. The molecule has 5 rings (SSSR count). The van der Waals surface area contributed by atoms with Crippen molar-refractivity contribution in [3.05, 3.63) is 35.0 Å². The summed E-state index contributed by atoms with van der Waals surface area (Å²) in [5, 5.41) is 4.07. The second kappa shape index (κ2) is 5.00. The van der Waals surface area contributed by atoms with Gasteiger partial charge in [0.25, 0.3) is 5.91 Å². The summed E-state index contributed by atoms with van der Waals surface area (Å²) >= 11 is 0. The second-order valence-corrected chi connectivity index (χ2v) is 7.62. The van der Waals surface area contributed by atoms with Crippen LogP contribution in [0.2, 0.25) is 0 Å². The van der Waals surface area contributed by atoms with Crippen LogP contribution in [0.3, 0.4) is 0 Å². The number of aryl methyl sites for hydroxylation is 2. The molecule has 3 heterocycles. The van der Waals surface area contributed by atoms with E-state index in [1.807, 2.05) is 24.1 Å². The van der Waals surface area contributed by atoms with E-state index in [1.165, 1.54) is 29.5 Å². The first kappa shape index (κ1) is 14.8. The molecule has 1 spiro atoms. The van der Waals surface area contributed by atoms with Gasteiger partial charge in [-0.1, -0.05) is 12.1 Å². The number of fused-ring (bicyclic) bond motifs is 3. The van der Waals surface area contributed by atoms with Crippen molar-refractivity contribution in [3.63, 3.8) is 0 Å². The van der Waals surface area contributed by atoms with Crippen LogP contribution >= 0.6 is 0 Å². The lowest BCUT2D eigenvalue weighted by Crippen LogP contribution is -2.70. The first-order valence-corrected chi connectivity index (χ1v) is 9.02. The standard InChI is InChI=1S/C19H22N4O2/c1-22-18(25)20-9-19(22)10-23(11-19)17(24)14-7-4-6-13-12-5-2-3-8-15(12)21-16(13)14/h4,6-7,21H,2-3,5,8-11H2,1H3,(H,20,25). The minimum Gasteiger partial charge on any atom is -0.358 e. The van der Waals surface area contributed by atoms with Gasteiger partial charge in [-0.2, -0.15) is 0 Å². The largest absolute Gasteiger partial charge is 0.358 e. The fourth-order valence-corrected chi connectivity index (χ4v) is 4.60. The van der Waals surface area contributed by atoms with Crippen molar-refractivity contribution in [3.8, 4) is 0 Å². The zero-order valence-electron chi connectivity index (χ0n) is 14.4. The fraction of sp³-hybridized carbons (Fsp3) is 0.474. The molecule has 0 saturated carbocycles. The minimum absolute atomic E-state index is 0.0498. The van der Waals surface area contributed by atoms with Gasteiger partial charge in [-0.05, 0) is 37.3 Å². The quantitative estimate of drug-likeness (QED) is 0.834. The van der Waals surface area contributed by atoms with Crippen molar-refractivity contribution in [2.24, 2.45) is 0 Å². The summed E-state index contributed by atoms with van der Waals surface area (Å²) in [5.74, 6) is 0.0579. The van der Waals surface area contributed by atoms with Crippen LogP contribution in [0.25, 0.3) is 10.9 Å². The van der Waals surface area contributed by atoms with E-state index in [-0.39, 0.29) is 17.5 Å². The molecule has 0 unspecified atom stereocenters. The van der Waals surface area contributed by atoms with Crippen LogP contribution < -0.4 is 5.32 Å². The van der Waals surface area contributed by atoms with Crippen LogP contribution in [0.1, 0.15) is 34.5 Å². The Morgan fingerprint density at radius 3 is 2.76 bits per heavy atom. The van der Waals surface area contributed by atoms with Crippen molar-refractivity contribution in [2.75, 3.05) is 26.7 Å². The molecule has 2 N–H and O–H groups in total. The number of hydrogen-bond donors (Lipinski definition) is 2. The number of carbonyl (C=O) groups excluding carboxylic acids is 2. The van der Waals surface area contributed by atoms with E-state index in [2.05, 4.69) is 16.4 Å². The Balaban J connectivity index is 1.45. The van der Waals surface area contributed by atoms with E-state index >= 15 is 0 Å². The molecule has 2 saturated heterocycles. The molecule has 0 radical (unpaired) electrons. The van der Waals surface area contributed by atoms with E-state index in [4.69, 9.17) is 0 Å². The Morgan fingerprint density at radius 1 is 1.20 bits per heavy atom. The molecule has 3 amide bonds. The third kappa shape index (κ3) is 1.97. The molecule has 3 aliphatic rings. The lowest BCUT2D eigenvalue weighted by Gasteiger charge is -2.50. The number of aromatic nitrogens is 1. The Hall–Kier alpha value is -2.50. The highest BCUT2D eigenvalue weighted by molar-refractivity contribution is 6.07. The van der Waals surface area contributed by atoms with E-state index in [9.17, 15) is 9.59 Å². The van der Waals surface area contributed by atoms with Crippen LogP contribution in [-0.2, 0) is 12.8 Å². The smallest absolute Gasteiger partial charge is 0.317 e. The highest BCUT2D eigenvalue weighted by Crippen LogP contribution is 2.34. The first-order valence-electron chi connectivity index (χ1n) is 9.02. The van der Waals surface area contributed by atoms with E-state index in [0.717, 1.165) is 23.9 Å². The van der Waals surface area contributed by atoms with Crippen molar-refractivity contribution in [2.45, 2.75) is 31.2 Å². The van der Waals surface area contributed by atoms with Crippen molar-refractivity contribution < 1.29 is 9.59 Å². The number of para-hydroxylation sites is 1. The van der Waals surface area contributed by atoms with Gasteiger partial charge in [0.1, 0.15) is 0 Å². The first-order chi connectivity index (χ1) is 12.1. The topological polar surface area (TPSA) is 68.4 Å². The van der Waals surface area contributed by atoms with Gasteiger partial charge in [0, 0.05) is 37.8 Å². The number of aromatic amines is 1. The Labute approximate surface area is 146 Å². The number of H-pyrrole nitrogens is 1. The highest BCUT2D eigenvalue weighted by atomic mass is 16.2. The summed E-state index contributed by atoms with van der Waals surface area (Å²) in [5.41, 5.74) is 4.19. The Morgan fingerprint density at radius 2 is 2.00 bits per heavy atom. The van der Waals surface area contributed by atoms with Crippen molar-refractivity contribution in [1.82, 2.24) is 20.1 Å². The molecule has 6 nitrogen and oxygen atoms in total. The molecular formula is C19H22N4O2. The number of rotatable bonds is 1. The number of nitrogens with one attached hydrogen (secondary N) is 2. The van der Waals surface area contributed by atoms with Crippen LogP contribution in [-0.4, -0.2) is 58.9 Å². The number of amides is 3. The molecular weight excluding hydrogens is 316 g/mol. The van der Waals surface area contributed by atoms with Gasteiger partial charge in [-0.15, -0.1) is 0 Å². The van der Waals surface area contributed by atoms with Gasteiger partial charge in [-0.3, -0.25) is 4.79 Å². The maximum Gasteiger partial charge on any atom is 0.317 e. The maximum absolute atomic E-state index is 13.1. The van der Waals surface area contributed by atoms with Crippen LogP contribution in [0.15, 0.2) is 18.2 Å². The summed E-state index contributed by atoms with van der Waals surface area (Å²) < 4.78 is 0.